The summed E-state index contributed by atoms with van der Waals surface area (Å²) in [7, 11) is 0. The van der Waals surface area contributed by atoms with Crippen molar-refractivity contribution in [2.45, 2.75) is 51.5 Å². The maximum Gasteiger partial charge on any atom is 0.303 e. The molecule has 2 N–H and O–H groups in total. The highest BCUT2D eigenvalue weighted by Gasteiger charge is 2.24. The lowest BCUT2D eigenvalue weighted by Gasteiger charge is -2.28. The van der Waals surface area contributed by atoms with E-state index < -0.39 is 5.97 Å². The molecule has 2 aromatic carbocycles. The maximum atomic E-state index is 12.6. The largest absolute Gasteiger partial charge is 0.481 e. The second kappa shape index (κ2) is 10.0. The van der Waals surface area contributed by atoms with Crippen LogP contribution in [0.4, 0.5) is 0 Å². The van der Waals surface area contributed by atoms with Gasteiger partial charge in [-0.1, -0.05) is 65.4 Å². The average Bonchev–Trinajstić information content (AvgIpc) is 3.44. The lowest BCUT2D eigenvalue weighted by molar-refractivity contribution is -0.138. The van der Waals surface area contributed by atoms with Gasteiger partial charge in [-0.05, 0) is 61.1 Å². The summed E-state index contributed by atoms with van der Waals surface area (Å²) in [5.74, 6) is -0.0313. The minimum absolute atomic E-state index is 0.176. The van der Waals surface area contributed by atoms with Crippen LogP contribution in [0.25, 0.3) is 15.4 Å². The number of benzene rings is 2. The summed E-state index contributed by atoms with van der Waals surface area (Å²) in [6.07, 6.45) is 8.18. The summed E-state index contributed by atoms with van der Waals surface area (Å²) in [4.78, 5) is 29.9. The van der Waals surface area contributed by atoms with Gasteiger partial charge in [-0.2, -0.15) is 0 Å². The number of aliphatic carboxylic acids is 1. The number of carbonyl (C=O) groups is 2. The molecule has 180 valence electrons. The fourth-order valence-corrected chi connectivity index (χ4v) is 5.86. The predicted molar refractivity (Wildman–Crippen MR) is 138 cm³/mol. The van der Waals surface area contributed by atoms with Crippen LogP contribution >= 0.6 is 11.3 Å². The van der Waals surface area contributed by atoms with Gasteiger partial charge in [-0.15, -0.1) is 0 Å². The monoisotopic (exact) mass is 487 g/mol. The lowest BCUT2D eigenvalue weighted by Crippen LogP contribution is -2.23. The Bertz CT molecular complexity index is 1300. The molecular weight excluding hydrogens is 458 g/mol. The first-order valence-corrected chi connectivity index (χ1v) is 12.9. The van der Waals surface area contributed by atoms with E-state index in [-0.39, 0.29) is 5.91 Å². The Morgan fingerprint density at radius 1 is 1.03 bits per heavy atom. The van der Waals surface area contributed by atoms with Gasteiger partial charge in [0.1, 0.15) is 5.69 Å². The summed E-state index contributed by atoms with van der Waals surface area (Å²) in [6.45, 7) is 2.52. The van der Waals surface area contributed by atoms with Crippen LogP contribution in [0.15, 0.2) is 60.9 Å². The molecule has 2 heterocycles. The molecule has 35 heavy (non-hydrogen) atoms. The van der Waals surface area contributed by atoms with E-state index >= 15 is 0 Å². The predicted octanol–water partition coefficient (Wildman–Crippen LogP) is 6.05. The lowest BCUT2D eigenvalue weighted by atomic mass is 9.77. The molecule has 0 unspecified atom stereocenters. The standard InChI is InChI=1S/C28H29N3O3S/c1-18-2-4-20(5-3-18)15-29-27(34)24-16-31-17-25(35-28(31)30-24)23-12-10-22(11-13-23)21-8-6-19(7-9-21)14-26(32)33/h2-5,10-13,16-17,19,21H,6-9,14-15H2,1H3,(H,29,34)(H,32,33). The Labute approximate surface area is 208 Å². The zero-order valence-electron chi connectivity index (χ0n) is 19.7. The topological polar surface area (TPSA) is 83.7 Å². The minimum atomic E-state index is -0.685. The molecule has 5 rings (SSSR count). The van der Waals surface area contributed by atoms with E-state index in [1.807, 2.05) is 41.8 Å². The number of hydrogen-bond acceptors (Lipinski definition) is 4. The minimum Gasteiger partial charge on any atom is -0.481 e. The molecule has 6 nitrogen and oxygen atoms in total. The average molecular weight is 488 g/mol. The summed E-state index contributed by atoms with van der Waals surface area (Å²) in [5, 5.41) is 12.0. The number of thiazole rings is 1. The number of carbonyl (C=O) groups excluding carboxylic acids is 1. The van der Waals surface area contributed by atoms with Crippen LogP contribution in [-0.4, -0.2) is 26.4 Å². The van der Waals surface area contributed by atoms with E-state index in [4.69, 9.17) is 5.11 Å². The van der Waals surface area contributed by atoms with Crippen LogP contribution in [-0.2, 0) is 11.3 Å². The number of imidazole rings is 1. The zero-order chi connectivity index (χ0) is 24.4. The molecule has 0 atom stereocenters. The third-order valence-electron chi connectivity index (χ3n) is 6.94. The number of nitrogens with one attached hydrogen (secondary N) is 1. The van der Waals surface area contributed by atoms with Crippen LogP contribution in [0.1, 0.15) is 65.2 Å². The maximum absolute atomic E-state index is 12.6. The highest BCUT2D eigenvalue weighted by molar-refractivity contribution is 7.20. The van der Waals surface area contributed by atoms with Crippen molar-refractivity contribution >= 4 is 28.2 Å². The first kappa shape index (κ1) is 23.3. The third-order valence-corrected chi connectivity index (χ3v) is 7.98. The molecule has 1 aliphatic rings. The number of carboxylic acid groups (broad SMARTS) is 1. The van der Waals surface area contributed by atoms with Crippen molar-refractivity contribution in [2.24, 2.45) is 5.92 Å². The number of nitrogens with zero attached hydrogens (tertiary/aromatic N) is 2. The van der Waals surface area contributed by atoms with Crippen molar-refractivity contribution in [1.29, 1.82) is 0 Å². The quantitative estimate of drug-likeness (QED) is 0.332. The summed E-state index contributed by atoms with van der Waals surface area (Å²) in [5.41, 5.74) is 5.14. The molecule has 0 saturated heterocycles. The molecule has 2 aromatic heterocycles. The van der Waals surface area contributed by atoms with Gasteiger partial charge >= 0.3 is 5.97 Å². The Hall–Kier alpha value is -3.45. The summed E-state index contributed by atoms with van der Waals surface area (Å²) in [6, 6.07) is 16.8. The van der Waals surface area contributed by atoms with Gasteiger partial charge in [0.05, 0.1) is 4.88 Å². The highest BCUT2D eigenvalue weighted by Crippen LogP contribution is 2.38. The molecule has 4 aromatic rings. The Morgan fingerprint density at radius 3 is 2.40 bits per heavy atom. The van der Waals surface area contributed by atoms with Crippen LogP contribution < -0.4 is 5.32 Å². The number of aryl methyl sites for hydroxylation is 1. The highest BCUT2D eigenvalue weighted by atomic mass is 32.1. The first-order chi connectivity index (χ1) is 16.9. The number of hydrogen-bond donors (Lipinski definition) is 2. The van der Waals surface area contributed by atoms with Gasteiger partial charge in [0.15, 0.2) is 4.96 Å². The molecule has 7 heteroatoms. The second-order valence-electron chi connectivity index (χ2n) is 9.52. The third kappa shape index (κ3) is 5.46. The first-order valence-electron chi connectivity index (χ1n) is 12.1. The van der Waals surface area contributed by atoms with Gasteiger partial charge in [0, 0.05) is 25.4 Å². The Kier molecular flexibility index (Phi) is 6.68. The Morgan fingerprint density at radius 2 is 1.74 bits per heavy atom. The molecule has 1 fully saturated rings. The SMILES string of the molecule is Cc1ccc(CNC(=O)c2cn3cc(-c4ccc(C5CCC(CC(=O)O)CC5)cc4)sc3n2)cc1. The van der Waals surface area contributed by atoms with Crippen molar-refractivity contribution < 1.29 is 14.7 Å². The van der Waals surface area contributed by atoms with Crippen molar-refractivity contribution in [3.05, 3.63) is 83.3 Å². The number of rotatable bonds is 7. The molecule has 1 aliphatic carbocycles. The van der Waals surface area contributed by atoms with Gasteiger partial charge in [-0.25, -0.2) is 4.98 Å². The molecule has 1 amide bonds. The summed E-state index contributed by atoms with van der Waals surface area (Å²) < 4.78 is 1.92. The smallest absolute Gasteiger partial charge is 0.303 e. The van der Waals surface area contributed by atoms with Crippen molar-refractivity contribution in [3.63, 3.8) is 0 Å². The van der Waals surface area contributed by atoms with Crippen LogP contribution in [0.3, 0.4) is 0 Å². The van der Waals surface area contributed by atoms with E-state index in [2.05, 4.69) is 34.6 Å². The fourth-order valence-electron chi connectivity index (χ4n) is 4.88. The summed E-state index contributed by atoms with van der Waals surface area (Å²) >= 11 is 1.57. The van der Waals surface area contributed by atoms with Crippen LogP contribution in [0.2, 0.25) is 0 Å². The molecule has 0 radical (unpaired) electrons. The molecule has 0 aliphatic heterocycles. The Balaban J connectivity index is 1.20. The van der Waals surface area contributed by atoms with E-state index in [0.29, 0.717) is 30.5 Å². The number of aromatic nitrogens is 2. The molecule has 1 saturated carbocycles. The van der Waals surface area contributed by atoms with Gasteiger partial charge in [-0.3, -0.25) is 14.0 Å². The van der Waals surface area contributed by atoms with E-state index in [9.17, 15) is 9.59 Å². The second-order valence-corrected chi connectivity index (χ2v) is 10.5. The number of amides is 1. The fraction of sp³-hybridized carbons (Fsp3) is 0.321. The number of carboxylic acids is 1. The molecule has 0 spiro atoms. The van der Waals surface area contributed by atoms with E-state index in [0.717, 1.165) is 46.6 Å². The zero-order valence-corrected chi connectivity index (χ0v) is 20.6. The van der Waals surface area contributed by atoms with Crippen molar-refractivity contribution in [1.82, 2.24) is 14.7 Å². The van der Waals surface area contributed by atoms with E-state index in [1.165, 1.54) is 11.1 Å². The van der Waals surface area contributed by atoms with Gasteiger partial charge in [0.2, 0.25) is 0 Å². The van der Waals surface area contributed by atoms with Crippen molar-refractivity contribution in [3.8, 4) is 10.4 Å². The van der Waals surface area contributed by atoms with Crippen LogP contribution in [0.5, 0.6) is 0 Å². The normalized spacial score (nSPS) is 18.0. The van der Waals surface area contributed by atoms with Gasteiger partial charge < -0.3 is 10.4 Å². The number of fused-ring (bicyclic) bond motifs is 1. The molecular formula is C28H29N3O3S. The van der Waals surface area contributed by atoms with E-state index in [1.54, 1.807) is 17.5 Å². The van der Waals surface area contributed by atoms with Crippen LogP contribution in [0, 0.1) is 12.8 Å². The molecule has 0 bridgehead atoms. The van der Waals surface area contributed by atoms with Crippen molar-refractivity contribution in [2.75, 3.05) is 0 Å². The van der Waals surface area contributed by atoms with Gasteiger partial charge in [0.25, 0.3) is 5.91 Å².